The molecule has 0 bridgehead atoms. The number of carbonyl (C=O) groups is 1. The predicted octanol–water partition coefficient (Wildman–Crippen LogP) is 6.35. The van der Waals surface area contributed by atoms with E-state index in [4.69, 9.17) is 32.9 Å². The molecular formula is C25H25Cl2N3O2. The molecule has 2 aromatic carbocycles. The third-order valence-corrected chi connectivity index (χ3v) is 6.26. The van der Waals surface area contributed by atoms with Crippen LogP contribution < -0.4 is 4.74 Å². The van der Waals surface area contributed by atoms with E-state index < -0.39 is 0 Å². The molecule has 0 saturated carbocycles. The van der Waals surface area contributed by atoms with Crippen molar-refractivity contribution in [3.8, 4) is 17.0 Å². The minimum Gasteiger partial charge on any atom is -0.497 e. The molecule has 0 radical (unpaired) electrons. The zero-order valence-corrected chi connectivity index (χ0v) is 20.0. The van der Waals surface area contributed by atoms with E-state index in [1.165, 1.54) is 0 Å². The van der Waals surface area contributed by atoms with Crippen LogP contribution in [0.3, 0.4) is 0 Å². The van der Waals surface area contributed by atoms with Gasteiger partial charge in [0.25, 0.3) is 0 Å². The summed E-state index contributed by atoms with van der Waals surface area (Å²) < 4.78 is 7.22. The van der Waals surface area contributed by atoms with Crippen LogP contribution in [0.4, 0.5) is 0 Å². The molecule has 0 spiro atoms. The van der Waals surface area contributed by atoms with Crippen LogP contribution in [0, 0.1) is 0 Å². The van der Waals surface area contributed by atoms with Crippen LogP contribution in [0.5, 0.6) is 5.75 Å². The molecule has 1 aromatic heterocycles. The first-order chi connectivity index (χ1) is 15.3. The number of aromatic nitrogens is 2. The van der Waals surface area contributed by atoms with Gasteiger partial charge in [-0.3, -0.25) is 4.79 Å². The summed E-state index contributed by atoms with van der Waals surface area (Å²) in [7, 11) is 1.64. The summed E-state index contributed by atoms with van der Waals surface area (Å²) in [6, 6.07) is 13.1. The fourth-order valence-corrected chi connectivity index (χ4v) is 4.76. The first-order valence-electron chi connectivity index (χ1n) is 10.5. The summed E-state index contributed by atoms with van der Waals surface area (Å²) in [5.74, 6) is 1.58. The molecule has 4 rings (SSSR count). The third-order valence-electron chi connectivity index (χ3n) is 5.71. The van der Waals surface area contributed by atoms with Crippen molar-refractivity contribution in [2.45, 2.75) is 39.4 Å². The van der Waals surface area contributed by atoms with Crippen molar-refractivity contribution in [3.63, 3.8) is 0 Å². The van der Waals surface area contributed by atoms with Crippen LogP contribution in [0.2, 0.25) is 10.0 Å². The highest BCUT2D eigenvalue weighted by Gasteiger charge is 2.36. The zero-order chi connectivity index (χ0) is 23.0. The van der Waals surface area contributed by atoms with Crippen molar-refractivity contribution in [1.82, 2.24) is 14.5 Å². The van der Waals surface area contributed by atoms with E-state index in [-0.39, 0.29) is 24.5 Å². The van der Waals surface area contributed by atoms with Crippen LogP contribution in [-0.2, 0) is 11.3 Å². The summed E-state index contributed by atoms with van der Waals surface area (Å²) >= 11 is 12.7. The Balaban J connectivity index is 1.84. The van der Waals surface area contributed by atoms with Gasteiger partial charge in [0, 0.05) is 16.6 Å². The number of fused-ring (bicyclic) bond motifs is 1. The number of carbonyl (C=O) groups excluding carboxylic acids is 1. The van der Waals surface area contributed by atoms with Gasteiger partial charge in [-0.05, 0) is 62.7 Å². The lowest BCUT2D eigenvalue weighted by Gasteiger charge is -2.38. The molecule has 1 aliphatic rings. The molecule has 1 aliphatic heterocycles. The average Bonchev–Trinajstić information content (AvgIpc) is 3.10. The van der Waals surface area contributed by atoms with E-state index in [1.807, 2.05) is 72.7 Å². The Morgan fingerprint density at radius 1 is 1.12 bits per heavy atom. The Morgan fingerprint density at radius 2 is 1.84 bits per heavy atom. The van der Waals surface area contributed by atoms with Crippen molar-refractivity contribution in [3.05, 3.63) is 69.6 Å². The third kappa shape index (κ3) is 4.15. The largest absolute Gasteiger partial charge is 0.497 e. The Labute approximate surface area is 198 Å². The molecule has 0 N–H and O–H groups in total. The van der Waals surface area contributed by atoms with Crippen LogP contribution in [-0.4, -0.2) is 33.5 Å². The van der Waals surface area contributed by atoms with Gasteiger partial charge in [-0.1, -0.05) is 41.4 Å². The van der Waals surface area contributed by atoms with Crippen molar-refractivity contribution >= 4 is 41.3 Å². The lowest BCUT2D eigenvalue weighted by atomic mass is 10.0. The molecule has 1 unspecified atom stereocenters. The van der Waals surface area contributed by atoms with Gasteiger partial charge < -0.3 is 14.2 Å². The van der Waals surface area contributed by atoms with Gasteiger partial charge in [-0.25, -0.2) is 4.98 Å². The second-order valence-electron chi connectivity index (χ2n) is 8.09. The van der Waals surface area contributed by atoms with Crippen molar-refractivity contribution < 1.29 is 9.53 Å². The number of halogens is 2. The van der Waals surface area contributed by atoms with Crippen molar-refractivity contribution in [2.24, 2.45) is 0 Å². The highest BCUT2D eigenvalue weighted by Crippen LogP contribution is 2.39. The van der Waals surface area contributed by atoms with Gasteiger partial charge in [0.05, 0.1) is 29.6 Å². The molecule has 1 amide bonds. The molecule has 2 heterocycles. The maximum Gasteiger partial charge on any atom is 0.243 e. The quantitative estimate of drug-likeness (QED) is 0.437. The zero-order valence-electron chi connectivity index (χ0n) is 18.5. The SMILES string of the molecule is COc1ccc(/C=C/c2nc(-c3ccc(Cl)cc3Cl)c3n2CC(=O)N(C(C)C)C3C)cc1. The fourth-order valence-electron chi connectivity index (χ4n) is 4.27. The van der Waals surface area contributed by atoms with E-state index in [0.717, 1.165) is 28.3 Å². The maximum absolute atomic E-state index is 13.0. The molecule has 1 atom stereocenters. The van der Waals surface area contributed by atoms with Gasteiger partial charge in [-0.15, -0.1) is 0 Å². The number of benzene rings is 2. The van der Waals surface area contributed by atoms with Crippen LogP contribution in [0.15, 0.2) is 42.5 Å². The number of hydrogen-bond donors (Lipinski definition) is 0. The van der Waals surface area contributed by atoms with Gasteiger partial charge in [0.15, 0.2) is 0 Å². The summed E-state index contributed by atoms with van der Waals surface area (Å²) in [4.78, 5) is 19.8. The molecule has 166 valence electrons. The van der Waals surface area contributed by atoms with Crippen molar-refractivity contribution in [1.29, 1.82) is 0 Å². The smallest absolute Gasteiger partial charge is 0.243 e. The van der Waals surface area contributed by atoms with E-state index in [2.05, 4.69) is 0 Å². The molecule has 3 aromatic rings. The van der Waals surface area contributed by atoms with Crippen LogP contribution >= 0.6 is 23.2 Å². The maximum atomic E-state index is 13.0. The second-order valence-corrected chi connectivity index (χ2v) is 8.94. The monoisotopic (exact) mass is 469 g/mol. The molecule has 7 heteroatoms. The summed E-state index contributed by atoms with van der Waals surface area (Å²) in [6.07, 6.45) is 3.91. The predicted molar refractivity (Wildman–Crippen MR) is 130 cm³/mol. The highest BCUT2D eigenvalue weighted by molar-refractivity contribution is 6.36. The number of nitrogens with zero attached hydrogens (tertiary/aromatic N) is 3. The van der Waals surface area contributed by atoms with Gasteiger partial charge in [0.1, 0.15) is 18.1 Å². The van der Waals surface area contributed by atoms with E-state index >= 15 is 0 Å². The Hall–Kier alpha value is -2.76. The molecule has 0 fully saturated rings. The topological polar surface area (TPSA) is 47.4 Å². The Morgan fingerprint density at radius 3 is 2.47 bits per heavy atom. The van der Waals surface area contributed by atoms with Gasteiger partial charge >= 0.3 is 0 Å². The van der Waals surface area contributed by atoms with E-state index in [1.54, 1.807) is 19.2 Å². The molecular weight excluding hydrogens is 445 g/mol. The van der Waals surface area contributed by atoms with Gasteiger partial charge in [0.2, 0.25) is 5.91 Å². The summed E-state index contributed by atoms with van der Waals surface area (Å²) in [5, 5.41) is 1.10. The number of hydrogen-bond acceptors (Lipinski definition) is 3. The number of ether oxygens (including phenoxy) is 1. The van der Waals surface area contributed by atoms with E-state index in [0.29, 0.717) is 15.9 Å². The normalized spacial score (nSPS) is 16.2. The minimum atomic E-state index is -0.145. The Bertz CT molecular complexity index is 1180. The highest BCUT2D eigenvalue weighted by atomic mass is 35.5. The minimum absolute atomic E-state index is 0.0743. The lowest BCUT2D eigenvalue weighted by molar-refractivity contribution is -0.138. The fraction of sp³-hybridized carbons (Fsp3) is 0.280. The van der Waals surface area contributed by atoms with E-state index in [9.17, 15) is 4.79 Å². The molecule has 32 heavy (non-hydrogen) atoms. The number of methoxy groups -OCH3 is 1. The van der Waals surface area contributed by atoms with Crippen LogP contribution in [0.25, 0.3) is 23.4 Å². The number of amides is 1. The standard InChI is InChI=1S/C25H25Cl2N3O2/c1-15(2)30-16(3)25-24(20-11-8-18(26)13-21(20)27)28-22(29(25)14-23(30)31)12-7-17-5-9-19(32-4)10-6-17/h5-13,15-16H,14H2,1-4H3/b12-7+. The first kappa shape index (κ1) is 22.4. The number of imidazole rings is 1. The second kappa shape index (κ2) is 9.00. The molecule has 0 saturated heterocycles. The molecule has 5 nitrogen and oxygen atoms in total. The lowest BCUT2D eigenvalue weighted by Crippen LogP contribution is -2.45. The van der Waals surface area contributed by atoms with Crippen LogP contribution in [0.1, 0.15) is 43.9 Å². The molecule has 0 aliphatic carbocycles. The number of rotatable bonds is 5. The first-order valence-corrected chi connectivity index (χ1v) is 11.2. The average molecular weight is 470 g/mol. The summed E-state index contributed by atoms with van der Waals surface area (Å²) in [6.45, 7) is 6.33. The van der Waals surface area contributed by atoms with Crippen molar-refractivity contribution in [2.75, 3.05) is 7.11 Å². The van der Waals surface area contributed by atoms with Gasteiger partial charge in [-0.2, -0.15) is 0 Å². The Kier molecular flexibility index (Phi) is 6.31. The summed E-state index contributed by atoms with van der Waals surface area (Å²) in [5.41, 5.74) is 3.55.